The largest absolute Gasteiger partial charge is 0.481 e. The zero-order valence-corrected chi connectivity index (χ0v) is 73.4. The van der Waals surface area contributed by atoms with E-state index in [0.717, 1.165) is 166 Å². The van der Waals surface area contributed by atoms with Crippen molar-refractivity contribution in [2.24, 2.45) is 0 Å². The van der Waals surface area contributed by atoms with Crippen molar-refractivity contribution in [2.75, 3.05) is 93.9 Å². The average molecular weight is 1740 g/mol. The first kappa shape index (κ1) is 104. The predicted octanol–water partition coefficient (Wildman–Crippen LogP) is 12.7. The minimum absolute atomic E-state index is 0. The first-order chi connectivity index (χ1) is 58.7. The molecule has 16 N–H and O–H groups in total. The van der Waals surface area contributed by atoms with Gasteiger partial charge in [-0.2, -0.15) is 0 Å². The van der Waals surface area contributed by atoms with E-state index in [9.17, 15) is 53.4 Å². The van der Waals surface area contributed by atoms with Crippen molar-refractivity contribution in [3.63, 3.8) is 0 Å². The van der Waals surface area contributed by atoms with Gasteiger partial charge in [-0.3, -0.25) is 43.3 Å². The highest BCUT2D eigenvalue weighted by Gasteiger charge is 2.32. The Morgan fingerprint density at radius 1 is 0.468 bits per heavy atom. The van der Waals surface area contributed by atoms with E-state index in [1.807, 2.05) is 28.6 Å². The Morgan fingerprint density at radius 2 is 0.839 bits per heavy atom. The molecule has 0 saturated heterocycles. The molecule has 0 radical (unpaired) electrons. The van der Waals surface area contributed by atoms with Gasteiger partial charge in [-0.05, 0) is 161 Å². The smallest absolute Gasteiger partial charge is 0.376 e. The number of nitrogens with zero attached hydrogens (tertiary/aromatic N) is 7. The number of rotatable bonds is 38. The van der Waals surface area contributed by atoms with Gasteiger partial charge in [-0.25, -0.2) is 19.7 Å². The van der Waals surface area contributed by atoms with Crippen LogP contribution in [0.3, 0.4) is 0 Å². The van der Waals surface area contributed by atoms with Gasteiger partial charge in [0.25, 0.3) is 23.7 Å². The minimum atomic E-state index is -1.10. The number of nitrogens with two attached hydrogens (primary N) is 1. The second kappa shape index (κ2) is 55.4. The van der Waals surface area contributed by atoms with Crippen LogP contribution in [0.25, 0.3) is 0 Å². The van der Waals surface area contributed by atoms with Crippen molar-refractivity contribution < 1.29 is 91.5 Å². The van der Waals surface area contributed by atoms with Crippen LogP contribution in [0.15, 0.2) is 107 Å². The Balaban J connectivity index is 0.000000277. The van der Waals surface area contributed by atoms with Crippen LogP contribution in [0, 0.1) is 0 Å². The number of carboxylic acids is 2. The maximum absolute atomic E-state index is 12.6. The number of carboxylic acid groups (broad SMARTS) is 2. The highest BCUT2D eigenvalue weighted by molar-refractivity contribution is 6.46. The molecular formula is C86H123B3ClN15O19. The van der Waals surface area contributed by atoms with E-state index < -0.39 is 31.9 Å². The Bertz CT molecular complexity index is 4480. The SMILES string of the molecule is CC(=O)O.CCCCN(CCCc1ccc(N)cn1)B(C)O.CCCCN(CCOc1ccc(NC(=O)c2c[nH]c3c2C(=O)CCC3)cn1)B(C)O.CCCCN(CCOc1ccc(NC(=O)c2coc3c2C(=O)CCC3)cn1)B(C)O.CCCCNCCOc1ccc(NC(=O)c2c[nH]c3c2C(=O)CCC3)cn1.Cl.N.O=C(O)c1coc2c1C(=O)CCC2. The van der Waals surface area contributed by atoms with Crippen molar-refractivity contribution in [2.45, 2.75) is 196 Å². The molecule has 0 fully saturated rings. The molecule has 4 aliphatic carbocycles. The number of hydrogen-bond acceptors (Lipinski definition) is 27. The summed E-state index contributed by atoms with van der Waals surface area (Å²) in [4.78, 5) is 134. The molecule has 0 aliphatic heterocycles. The molecule has 34 nitrogen and oxygen atoms in total. The molecule has 0 unspecified atom stereocenters. The quantitative estimate of drug-likeness (QED) is 0.0126. The second-order valence-electron chi connectivity index (χ2n) is 29.9. The molecule has 0 atom stereocenters. The lowest BCUT2D eigenvalue weighted by atomic mass is 9.84. The Hall–Kier alpha value is -10.9. The van der Waals surface area contributed by atoms with Crippen LogP contribution in [-0.4, -0.2) is 216 Å². The number of hydrogen-bond donors (Lipinski definition) is 13. The zero-order chi connectivity index (χ0) is 88.5. The standard InChI is InChI=1S/C21H29BN4O4.C21H28BN3O5.C20H26N4O3.C13H24BN3O.C9H8O4.C2H4O2.ClH.H3N/c1-3-4-10-26(22(2)29)11-12-30-19-9-8-15(13-24-19)25-21(28)16-14-23-17-6-5-7-18(27)20(16)17;1-3-4-10-25(22(2)28)11-12-29-19-9-8-15(13-23-19)24-21(27)16-14-30-18-7-5-6-17(26)20(16)18;1-2-3-9-21-10-11-27-18-8-7-14(12-23-18)24-20(26)15-13-22-16-5-4-6-17(25)19(15)16;1-3-4-9-17(14(2)18)10-5-6-13-8-7-12(15)11-16-13;10-6-2-1-3-7-8(6)5(4-13-7)9(11)12;1-2(3)4;;/h8-9,13-14,23,29H,3-7,10-12H2,1-2H3,(H,25,28);8-9,13-14,28H,3-7,10-12H2,1-2H3,(H,24,27);7-8,12-13,21-22H,2-6,9-11H2,1H3,(H,24,26);7-8,11,18H,3-6,9-10,15H2,1-2H3;4H,1-3H2,(H,11,12);1H3,(H,3,4);1H;1H3. The van der Waals surface area contributed by atoms with E-state index in [-0.39, 0.29) is 77.2 Å². The Labute approximate surface area is 731 Å². The number of pyridine rings is 4. The number of Topliss-reactive ketones (excluding diaryl/α,β-unsaturated/α-hetero) is 4. The number of H-pyrrole nitrogens is 2. The van der Waals surface area contributed by atoms with Gasteiger partial charge in [-0.15, -0.1) is 12.4 Å². The van der Waals surface area contributed by atoms with Gasteiger partial charge in [-0.1, -0.05) is 53.4 Å². The number of nitrogen functional groups attached to an aromatic ring is 1. The van der Waals surface area contributed by atoms with Crippen molar-refractivity contribution in [3.05, 3.63) is 171 Å². The lowest BCUT2D eigenvalue weighted by Gasteiger charge is -2.22. The number of aromatic nitrogens is 6. The molecular weight excluding hydrogens is 1610 g/mol. The van der Waals surface area contributed by atoms with Gasteiger partial charge < -0.3 is 106 Å². The molecule has 38 heteroatoms. The predicted molar refractivity (Wildman–Crippen MR) is 479 cm³/mol. The monoisotopic (exact) mass is 1740 g/mol. The number of carbonyl (C=O) groups excluding carboxylic acids is 7. The number of aromatic amines is 2. The van der Waals surface area contributed by atoms with Gasteiger partial charge in [0, 0.05) is 113 Å². The van der Waals surface area contributed by atoms with E-state index in [1.165, 1.54) is 25.1 Å². The summed E-state index contributed by atoms with van der Waals surface area (Å²) in [6, 6.07) is 14.1. The van der Waals surface area contributed by atoms with E-state index in [1.54, 1.807) is 74.8 Å². The fraction of sp³-hybridized carbons (Fsp3) is 0.477. The van der Waals surface area contributed by atoms with Crippen molar-refractivity contribution in [3.8, 4) is 17.6 Å². The molecule has 8 heterocycles. The van der Waals surface area contributed by atoms with E-state index in [4.69, 9.17) is 43.8 Å². The highest BCUT2D eigenvalue weighted by atomic mass is 35.5. The van der Waals surface area contributed by atoms with Crippen LogP contribution in [0.4, 0.5) is 22.7 Å². The van der Waals surface area contributed by atoms with Crippen molar-refractivity contribution in [1.82, 2.24) is 55.8 Å². The molecule has 0 spiro atoms. The first-order valence-electron chi connectivity index (χ1n) is 42.3. The molecule has 0 saturated carbocycles. The fourth-order valence-corrected chi connectivity index (χ4v) is 13.6. The summed E-state index contributed by atoms with van der Waals surface area (Å²) in [7, 11) is -1.40. The summed E-state index contributed by atoms with van der Waals surface area (Å²) in [5.41, 5.74) is 13.4. The van der Waals surface area contributed by atoms with E-state index in [2.05, 4.69) is 83.7 Å². The molecule has 8 aromatic rings. The number of ether oxygens (including phenoxy) is 3. The van der Waals surface area contributed by atoms with Gasteiger partial charge in [0.05, 0.1) is 86.5 Å². The van der Waals surface area contributed by atoms with Crippen molar-refractivity contribution in [1.29, 1.82) is 0 Å². The Kier molecular flexibility index (Phi) is 46.3. The highest BCUT2D eigenvalue weighted by Crippen LogP contribution is 2.31. The summed E-state index contributed by atoms with van der Waals surface area (Å²) >= 11 is 0. The number of fused-ring (bicyclic) bond motifs is 4. The number of anilines is 4. The summed E-state index contributed by atoms with van der Waals surface area (Å²) in [5, 5.41) is 57.1. The van der Waals surface area contributed by atoms with Gasteiger partial charge in [0.2, 0.25) is 17.6 Å². The summed E-state index contributed by atoms with van der Waals surface area (Å²) in [6.45, 7) is 22.8. The van der Waals surface area contributed by atoms with Crippen LogP contribution in [0.5, 0.6) is 17.6 Å². The zero-order valence-electron chi connectivity index (χ0n) is 72.6. The van der Waals surface area contributed by atoms with Crippen molar-refractivity contribution >= 4 is 109 Å². The molecule has 8 aromatic heterocycles. The minimum Gasteiger partial charge on any atom is -0.481 e. The number of nitrogens with one attached hydrogen (secondary N) is 6. The second-order valence-corrected chi connectivity index (χ2v) is 29.9. The third-order valence-electron chi connectivity index (χ3n) is 20.2. The van der Waals surface area contributed by atoms with Gasteiger partial charge in [0.15, 0.2) is 23.1 Å². The maximum atomic E-state index is 12.6. The summed E-state index contributed by atoms with van der Waals surface area (Å²) in [6.07, 6.45) is 30.6. The number of ketones is 4. The molecule has 12 rings (SSSR count). The third kappa shape index (κ3) is 34.0. The normalized spacial score (nSPS) is 12.7. The van der Waals surface area contributed by atoms with Crippen LogP contribution < -0.4 is 47.4 Å². The van der Waals surface area contributed by atoms with Crippen LogP contribution in [0.2, 0.25) is 20.5 Å². The van der Waals surface area contributed by atoms with Crippen LogP contribution in [-0.2, 0) is 36.9 Å². The topological polar surface area (TPSA) is 511 Å². The number of halogens is 1. The lowest BCUT2D eigenvalue weighted by molar-refractivity contribution is -0.134. The van der Waals surface area contributed by atoms with Gasteiger partial charge in [0.1, 0.15) is 49.4 Å². The number of furan rings is 2. The average Bonchev–Trinajstić information content (AvgIpc) is 1.61. The van der Waals surface area contributed by atoms with Crippen LogP contribution >= 0.6 is 12.4 Å². The Morgan fingerprint density at radius 3 is 1.22 bits per heavy atom. The maximum Gasteiger partial charge on any atom is 0.376 e. The fourth-order valence-electron chi connectivity index (χ4n) is 13.6. The molecule has 0 bridgehead atoms. The number of amides is 3. The molecule has 4 aliphatic rings. The molecule has 672 valence electrons. The summed E-state index contributed by atoms with van der Waals surface area (Å²) in [5.74, 6) is -0.597. The number of carbonyl (C=O) groups is 9. The molecule has 124 heavy (non-hydrogen) atoms. The van der Waals surface area contributed by atoms with Crippen LogP contribution in [0.1, 0.15) is 255 Å². The number of aryl methyl sites for hydroxylation is 5. The third-order valence-corrected chi connectivity index (χ3v) is 20.2. The first-order valence-corrected chi connectivity index (χ1v) is 42.3. The molecule has 0 aromatic carbocycles. The molecule has 3 amide bonds. The van der Waals surface area contributed by atoms with E-state index >= 15 is 0 Å². The summed E-state index contributed by atoms with van der Waals surface area (Å²) < 4.78 is 27.3. The van der Waals surface area contributed by atoms with E-state index in [0.29, 0.717) is 151 Å². The van der Waals surface area contributed by atoms with Gasteiger partial charge >= 0.3 is 27.1 Å². The number of unbranched alkanes of at least 4 members (excludes halogenated alkanes) is 4. The number of aromatic carboxylic acids is 1. The lowest BCUT2D eigenvalue weighted by Crippen LogP contribution is -2.40. The number of aliphatic carboxylic acids is 1.